The summed E-state index contributed by atoms with van der Waals surface area (Å²) < 4.78 is 1.20. The topological polar surface area (TPSA) is 166 Å². The molecule has 0 fully saturated rings. The van der Waals surface area contributed by atoms with E-state index in [2.05, 4.69) is 10.3 Å². The van der Waals surface area contributed by atoms with Crippen LogP contribution in [0.4, 0.5) is 4.79 Å². The number of primary amides is 1. The Morgan fingerprint density at radius 2 is 2.06 bits per heavy atom. The van der Waals surface area contributed by atoms with E-state index in [1.807, 2.05) is 5.32 Å². The van der Waals surface area contributed by atoms with Gasteiger partial charge in [-0.25, -0.2) is 14.3 Å². The maximum Gasteiger partial charge on any atom is 0.358 e. The summed E-state index contributed by atoms with van der Waals surface area (Å²) in [6.07, 6.45) is -0.0989. The van der Waals surface area contributed by atoms with Gasteiger partial charge in [-0.05, 0) is 0 Å². The summed E-state index contributed by atoms with van der Waals surface area (Å²) in [4.78, 5) is 32.3. The molecular weight excluding hydrogens is 244 g/mol. The Bertz CT molecular complexity index is 482. The van der Waals surface area contributed by atoms with E-state index in [0.717, 1.165) is 0 Å². The number of nitrogens with one attached hydrogen (secondary N) is 1. The first-order valence-electron chi connectivity index (χ1n) is 4.90. The molecule has 98 valence electrons. The van der Waals surface area contributed by atoms with E-state index in [1.54, 1.807) is 0 Å². The van der Waals surface area contributed by atoms with Gasteiger partial charge in [0, 0.05) is 13.0 Å². The van der Waals surface area contributed by atoms with Crippen LogP contribution in [0.25, 0.3) is 0 Å². The van der Waals surface area contributed by atoms with Crippen molar-refractivity contribution in [3.63, 3.8) is 0 Å². The van der Waals surface area contributed by atoms with Crippen LogP contribution in [0.5, 0.6) is 0 Å². The quantitative estimate of drug-likeness (QED) is 0.473. The number of carbonyl (C=O) groups excluding carboxylic acids is 2. The summed E-state index contributed by atoms with van der Waals surface area (Å²) in [7, 11) is 0. The summed E-state index contributed by atoms with van der Waals surface area (Å²) in [5.41, 5.74) is 10.1. The molecule has 0 radical (unpaired) electrons. The van der Waals surface area contributed by atoms with Gasteiger partial charge in [0.1, 0.15) is 0 Å². The van der Waals surface area contributed by atoms with Crippen molar-refractivity contribution in [2.45, 2.75) is 19.5 Å². The number of aromatic nitrogens is 3. The van der Waals surface area contributed by atoms with Gasteiger partial charge in [-0.3, -0.25) is 10.1 Å². The van der Waals surface area contributed by atoms with E-state index < -0.39 is 17.9 Å². The first kappa shape index (κ1) is 13.6. The average molecular weight is 256 g/mol. The molecule has 3 amide bonds. The van der Waals surface area contributed by atoms with Gasteiger partial charge in [-0.2, -0.15) is 0 Å². The van der Waals surface area contributed by atoms with Gasteiger partial charge in [0.2, 0.25) is 5.91 Å². The monoisotopic (exact) mass is 256 g/mol. The van der Waals surface area contributed by atoms with E-state index in [0.29, 0.717) is 0 Å². The first-order chi connectivity index (χ1) is 8.45. The molecule has 1 aromatic heterocycles. The molecule has 10 heteroatoms. The van der Waals surface area contributed by atoms with Gasteiger partial charge < -0.3 is 16.6 Å². The second kappa shape index (κ2) is 5.72. The van der Waals surface area contributed by atoms with E-state index in [9.17, 15) is 14.4 Å². The maximum absolute atomic E-state index is 11.1. The van der Waals surface area contributed by atoms with E-state index >= 15 is 0 Å². The van der Waals surface area contributed by atoms with Crippen molar-refractivity contribution in [1.29, 1.82) is 0 Å². The summed E-state index contributed by atoms with van der Waals surface area (Å²) >= 11 is 0. The zero-order valence-corrected chi connectivity index (χ0v) is 9.29. The number of rotatable bonds is 5. The van der Waals surface area contributed by atoms with Crippen molar-refractivity contribution in [3.05, 3.63) is 11.4 Å². The highest BCUT2D eigenvalue weighted by molar-refractivity contribution is 5.93. The second-order valence-electron chi connectivity index (χ2n) is 3.28. The predicted molar refractivity (Wildman–Crippen MR) is 57.2 cm³/mol. The normalized spacial score (nSPS) is 10.1. The highest BCUT2D eigenvalue weighted by Crippen LogP contribution is 2.05. The Labute approximate surface area is 101 Å². The fourth-order valence-electron chi connectivity index (χ4n) is 1.29. The molecule has 0 unspecified atom stereocenters. The number of hydrogen-bond donors (Lipinski definition) is 4. The lowest BCUT2D eigenvalue weighted by Crippen LogP contribution is -2.35. The summed E-state index contributed by atoms with van der Waals surface area (Å²) in [6, 6.07) is -0.955. The summed E-state index contributed by atoms with van der Waals surface area (Å²) in [5.74, 6) is -1.85. The highest BCUT2D eigenvalue weighted by atomic mass is 16.4. The number of aromatic carboxylic acids is 1. The molecule has 0 aliphatic heterocycles. The smallest absolute Gasteiger partial charge is 0.358 e. The second-order valence-corrected chi connectivity index (χ2v) is 3.28. The minimum absolute atomic E-state index is 0.0475. The van der Waals surface area contributed by atoms with Crippen molar-refractivity contribution in [2.75, 3.05) is 0 Å². The molecule has 18 heavy (non-hydrogen) atoms. The molecule has 1 aromatic rings. The van der Waals surface area contributed by atoms with Crippen LogP contribution in [0.3, 0.4) is 0 Å². The third-order valence-corrected chi connectivity index (χ3v) is 2.05. The average Bonchev–Trinajstić information content (AvgIpc) is 2.68. The molecule has 0 bridgehead atoms. The minimum atomic E-state index is -1.25. The molecule has 0 saturated heterocycles. The van der Waals surface area contributed by atoms with E-state index in [-0.39, 0.29) is 30.9 Å². The number of aryl methyl sites for hydroxylation is 1. The van der Waals surface area contributed by atoms with Crippen LogP contribution < -0.4 is 16.8 Å². The first-order valence-corrected chi connectivity index (χ1v) is 4.90. The fraction of sp³-hybridized carbons (Fsp3) is 0.375. The maximum atomic E-state index is 11.1. The Hall–Kier alpha value is -2.49. The standard InChI is InChI=1S/C8H12N6O4/c9-3-4-6(7(16)17)12-13-14(4)2-1-5(15)11-8(10)18/h1-3,9H2,(H,16,17)(H3,10,11,15,18). The Morgan fingerprint density at radius 3 is 2.56 bits per heavy atom. The third kappa shape index (κ3) is 3.25. The lowest BCUT2D eigenvalue weighted by atomic mass is 10.3. The number of amides is 3. The molecular formula is C8H12N6O4. The number of imide groups is 1. The zero-order valence-electron chi connectivity index (χ0n) is 9.29. The molecule has 0 spiro atoms. The number of carbonyl (C=O) groups is 3. The lowest BCUT2D eigenvalue weighted by molar-refractivity contribution is -0.120. The minimum Gasteiger partial charge on any atom is -0.476 e. The molecule has 1 rings (SSSR count). The SMILES string of the molecule is NCc1c(C(=O)O)nnn1CCC(=O)NC(N)=O. The van der Waals surface area contributed by atoms with Crippen LogP contribution in [0.1, 0.15) is 22.6 Å². The van der Waals surface area contributed by atoms with Crippen molar-refractivity contribution in [1.82, 2.24) is 20.3 Å². The van der Waals surface area contributed by atoms with Gasteiger partial charge in [0.15, 0.2) is 5.69 Å². The van der Waals surface area contributed by atoms with Gasteiger partial charge in [0.05, 0.1) is 12.2 Å². The molecule has 0 atom stereocenters. The lowest BCUT2D eigenvalue weighted by Gasteiger charge is -2.04. The Kier molecular flexibility index (Phi) is 4.32. The highest BCUT2D eigenvalue weighted by Gasteiger charge is 2.18. The van der Waals surface area contributed by atoms with Crippen LogP contribution in [0.15, 0.2) is 0 Å². The van der Waals surface area contributed by atoms with Crippen LogP contribution in [-0.2, 0) is 17.9 Å². The number of urea groups is 1. The number of carboxylic acid groups (broad SMARTS) is 1. The van der Waals surface area contributed by atoms with Crippen molar-refractivity contribution >= 4 is 17.9 Å². The summed E-state index contributed by atoms with van der Waals surface area (Å²) in [6.45, 7) is -0.0298. The molecule has 0 aromatic carbocycles. The van der Waals surface area contributed by atoms with Crippen LogP contribution >= 0.6 is 0 Å². The van der Waals surface area contributed by atoms with Gasteiger partial charge in [-0.15, -0.1) is 5.10 Å². The number of hydrogen-bond acceptors (Lipinski definition) is 6. The van der Waals surface area contributed by atoms with Gasteiger partial charge in [-0.1, -0.05) is 5.21 Å². The van der Waals surface area contributed by atoms with Crippen LogP contribution in [-0.4, -0.2) is 38.0 Å². The fourth-order valence-corrected chi connectivity index (χ4v) is 1.29. The number of nitrogens with zero attached hydrogens (tertiary/aromatic N) is 3. The van der Waals surface area contributed by atoms with E-state index in [1.165, 1.54) is 4.68 Å². The molecule has 10 nitrogen and oxygen atoms in total. The van der Waals surface area contributed by atoms with Crippen molar-refractivity contribution in [2.24, 2.45) is 11.5 Å². The molecule has 1 heterocycles. The zero-order chi connectivity index (χ0) is 13.7. The molecule has 0 aliphatic rings. The molecule has 6 N–H and O–H groups in total. The predicted octanol–water partition coefficient (Wildman–Crippen LogP) is -1.98. The van der Waals surface area contributed by atoms with Crippen LogP contribution in [0, 0.1) is 0 Å². The van der Waals surface area contributed by atoms with Crippen LogP contribution in [0.2, 0.25) is 0 Å². The molecule has 0 saturated carbocycles. The largest absolute Gasteiger partial charge is 0.476 e. The number of nitrogens with two attached hydrogens (primary N) is 2. The Balaban J connectivity index is 2.71. The van der Waals surface area contributed by atoms with Crippen molar-refractivity contribution < 1.29 is 19.5 Å². The third-order valence-electron chi connectivity index (χ3n) is 2.05. The summed E-state index contributed by atoms with van der Waals surface area (Å²) in [5, 5.41) is 17.7. The Morgan fingerprint density at radius 1 is 1.39 bits per heavy atom. The van der Waals surface area contributed by atoms with Crippen molar-refractivity contribution in [3.8, 4) is 0 Å². The molecule has 0 aliphatic carbocycles. The van der Waals surface area contributed by atoms with Gasteiger partial charge >= 0.3 is 12.0 Å². The van der Waals surface area contributed by atoms with E-state index in [4.69, 9.17) is 16.6 Å². The van der Waals surface area contributed by atoms with Gasteiger partial charge in [0.25, 0.3) is 0 Å². The number of carboxylic acids is 1.